The summed E-state index contributed by atoms with van der Waals surface area (Å²) in [5.41, 5.74) is 2.74. The van der Waals surface area contributed by atoms with E-state index in [9.17, 15) is 14.9 Å². The molecule has 0 aromatic heterocycles. The lowest BCUT2D eigenvalue weighted by Crippen LogP contribution is -2.37. The number of allylic oxidation sites excluding steroid dienone is 4. The van der Waals surface area contributed by atoms with Crippen molar-refractivity contribution in [1.82, 2.24) is 5.32 Å². The number of nitriles is 1. The Morgan fingerprint density at radius 1 is 1.20 bits per heavy atom. The van der Waals surface area contributed by atoms with Crippen LogP contribution in [0.1, 0.15) is 55.5 Å². The molecule has 1 aliphatic carbocycles. The van der Waals surface area contributed by atoms with E-state index in [2.05, 4.69) is 11.4 Å². The topological polar surface area (TPSA) is 97.7 Å². The van der Waals surface area contributed by atoms with Crippen LogP contribution in [-0.4, -0.2) is 33.1 Å². The molecule has 3 rings (SSSR count). The van der Waals surface area contributed by atoms with Crippen molar-refractivity contribution in [3.63, 3.8) is 0 Å². The molecule has 0 saturated carbocycles. The quantitative estimate of drug-likeness (QED) is 0.757. The third-order valence-electron chi connectivity index (χ3n) is 5.63. The van der Waals surface area contributed by atoms with Crippen molar-refractivity contribution in [2.45, 2.75) is 39.5 Å². The lowest BCUT2D eigenvalue weighted by atomic mass is 9.68. The zero-order chi connectivity index (χ0) is 22.2. The number of ether oxygens (including phenoxy) is 3. The fraction of sp³-hybridized carbons (Fsp3) is 0.435. The van der Waals surface area contributed by atoms with E-state index in [0.29, 0.717) is 46.7 Å². The molecular weight excluding hydrogens is 384 g/mol. The third-order valence-corrected chi connectivity index (χ3v) is 5.63. The van der Waals surface area contributed by atoms with Crippen molar-refractivity contribution in [3.8, 4) is 17.6 Å². The number of esters is 1. The van der Waals surface area contributed by atoms with E-state index in [1.54, 1.807) is 19.1 Å². The molecule has 1 aromatic carbocycles. The van der Waals surface area contributed by atoms with Gasteiger partial charge in [0.2, 0.25) is 0 Å². The Kier molecular flexibility index (Phi) is 5.62. The highest BCUT2D eigenvalue weighted by atomic mass is 16.5. The number of carbonyl (C=O) groups is 2. The van der Waals surface area contributed by atoms with Crippen LogP contribution in [0.4, 0.5) is 0 Å². The van der Waals surface area contributed by atoms with Crippen LogP contribution in [0.2, 0.25) is 0 Å². The average molecular weight is 410 g/mol. The lowest BCUT2D eigenvalue weighted by molar-refractivity contribution is -0.118. The number of dihydropyridines is 1. The maximum absolute atomic E-state index is 13.3. The van der Waals surface area contributed by atoms with Gasteiger partial charge in [0.05, 0.1) is 44.5 Å². The molecule has 7 nitrogen and oxygen atoms in total. The molecule has 0 saturated heterocycles. The molecule has 1 aromatic rings. The zero-order valence-electron chi connectivity index (χ0n) is 18.1. The molecule has 1 N–H and O–H groups in total. The van der Waals surface area contributed by atoms with E-state index < -0.39 is 11.9 Å². The Morgan fingerprint density at radius 2 is 1.90 bits per heavy atom. The first-order chi connectivity index (χ1) is 14.2. The molecule has 1 unspecified atom stereocenters. The lowest BCUT2D eigenvalue weighted by Gasteiger charge is -2.39. The molecule has 0 amide bonds. The van der Waals surface area contributed by atoms with Gasteiger partial charge in [-0.15, -0.1) is 0 Å². The van der Waals surface area contributed by atoms with Gasteiger partial charge in [0.1, 0.15) is 11.5 Å². The summed E-state index contributed by atoms with van der Waals surface area (Å²) in [7, 11) is 4.24. The fourth-order valence-corrected chi connectivity index (χ4v) is 4.34. The summed E-state index contributed by atoms with van der Waals surface area (Å²) in [5, 5.41) is 13.2. The number of rotatable bonds is 4. The van der Waals surface area contributed by atoms with E-state index in [-0.39, 0.29) is 16.8 Å². The number of carbonyl (C=O) groups excluding carboxylic acids is 2. The number of nitrogens with one attached hydrogen (secondary N) is 1. The van der Waals surface area contributed by atoms with E-state index in [0.717, 1.165) is 5.70 Å². The van der Waals surface area contributed by atoms with Gasteiger partial charge in [-0.2, -0.15) is 5.26 Å². The van der Waals surface area contributed by atoms with Crippen LogP contribution >= 0.6 is 0 Å². The second-order valence-electron chi connectivity index (χ2n) is 8.32. The van der Waals surface area contributed by atoms with Crippen molar-refractivity contribution in [2.24, 2.45) is 5.41 Å². The average Bonchev–Trinajstić information content (AvgIpc) is 2.70. The number of Topliss-reactive ketones (excluding diaryl/α,β-unsaturated/α-hetero) is 1. The monoisotopic (exact) mass is 410 g/mol. The minimum Gasteiger partial charge on any atom is -0.497 e. The van der Waals surface area contributed by atoms with Crippen LogP contribution < -0.4 is 14.8 Å². The summed E-state index contributed by atoms with van der Waals surface area (Å²) in [5.74, 6) is -0.611. The van der Waals surface area contributed by atoms with Crippen LogP contribution in [-0.2, 0) is 9.53 Å². The van der Waals surface area contributed by atoms with Gasteiger partial charge in [0, 0.05) is 35.0 Å². The van der Waals surface area contributed by atoms with Crippen LogP contribution in [0, 0.1) is 16.7 Å². The van der Waals surface area contributed by atoms with E-state index in [4.69, 9.17) is 14.2 Å². The van der Waals surface area contributed by atoms with Gasteiger partial charge in [-0.05, 0) is 24.8 Å². The minimum absolute atomic E-state index is 0.0484. The van der Waals surface area contributed by atoms with Crippen LogP contribution in [0.5, 0.6) is 11.5 Å². The van der Waals surface area contributed by atoms with Crippen LogP contribution in [0.3, 0.4) is 0 Å². The first-order valence-corrected chi connectivity index (χ1v) is 9.65. The van der Waals surface area contributed by atoms with E-state index >= 15 is 0 Å². The summed E-state index contributed by atoms with van der Waals surface area (Å²) in [4.78, 5) is 25.9. The molecule has 0 spiro atoms. The van der Waals surface area contributed by atoms with Gasteiger partial charge in [-0.1, -0.05) is 13.8 Å². The third kappa shape index (κ3) is 3.54. The number of ketones is 1. The summed E-state index contributed by atoms with van der Waals surface area (Å²) >= 11 is 0. The van der Waals surface area contributed by atoms with Crippen LogP contribution in [0.15, 0.2) is 34.7 Å². The highest BCUT2D eigenvalue weighted by Crippen LogP contribution is 2.49. The second-order valence-corrected chi connectivity index (χ2v) is 8.32. The fourth-order valence-electron chi connectivity index (χ4n) is 4.34. The predicted molar refractivity (Wildman–Crippen MR) is 110 cm³/mol. The van der Waals surface area contributed by atoms with Gasteiger partial charge >= 0.3 is 5.97 Å². The number of hydrogen-bond acceptors (Lipinski definition) is 7. The minimum atomic E-state index is -0.732. The normalized spacial score (nSPS) is 20.2. The Labute approximate surface area is 176 Å². The molecule has 1 heterocycles. The molecule has 2 aliphatic rings. The first-order valence-electron chi connectivity index (χ1n) is 9.65. The summed E-state index contributed by atoms with van der Waals surface area (Å²) in [6.07, 6.45) is 1.01. The Balaban J connectivity index is 2.37. The number of methoxy groups -OCH3 is 3. The van der Waals surface area contributed by atoms with Crippen molar-refractivity contribution < 1.29 is 23.8 Å². The molecule has 0 fully saturated rings. The number of nitrogens with zero attached hydrogens (tertiary/aromatic N) is 1. The van der Waals surface area contributed by atoms with Crippen molar-refractivity contribution in [1.29, 1.82) is 5.26 Å². The maximum Gasteiger partial charge on any atom is 0.338 e. The second kappa shape index (κ2) is 7.86. The van der Waals surface area contributed by atoms with Crippen molar-refractivity contribution >= 4 is 11.8 Å². The molecular formula is C23H26N2O5. The summed E-state index contributed by atoms with van der Waals surface area (Å²) < 4.78 is 15.9. The van der Waals surface area contributed by atoms with Crippen molar-refractivity contribution in [2.75, 3.05) is 21.3 Å². The van der Waals surface area contributed by atoms with Gasteiger partial charge in [-0.3, -0.25) is 4.79 Å². The molecule has 30 heavy (non-hydrogen) atoms. The Bertz CT molecular complexity index is 1030. The number of benzene rings is 1. The van der Waals surface area contributed by atoms with Gasteiger partial charge in [0.15, 0.2) is 5.78 Å². The molecule has 7 heteroatoms. The predicted octanol–water partition coefficient (Wildman–Crippen LogP) is 3.62. The molecule has 0 radical (unpaired) electrons. The highest BCUT2D eigenvalue weighted by Gasteiger charge is 2.43. The molecule has 158 valence electrons. The largest absolute Gasteiger partial charge is 0.497 e. The highest BCUT2D eigenvalue weighted by molar-refractivity contribution is 6.02. The SMILES string of the molecule is COC(=O)c1cc(OC)cc(OC)c1C1C(C#N)=C(C)NC2=C1C(=O)CC(C)(C)C2. The van der Waals surface area contributed by atoms with E-state index in [1.165, 1.54) is 21.3 Å². The molecule has 1 aliphatic heterocycles. The Morgan fingerprint density at radius 3 is 2.47 bits per heavy atom. The van der Waals surface area contributed by atoms with Gasteiger partial charge < -0.3 is 19.5 Å². The van der Waals surface area contributed by atoms with Gasteiger partial charge in [-0.25, -0.2) is 4.79 Å². The first kappa shape index (κ1) is 21.4. The smallest absolute Gasteiger partial charge is 0.338 e. The standard InChI is InChI=1S/C23H26N2O5/c1-12-15(11-24)20(21-16(25-12)9-23(2,3)10-17(21)26)19-14(22(27)30-6)7-13(28-4)8-18(19)29-5/h7-8,20,25H,9-10H2,1-6H3. The van der Waals surface area contributed by atoms with Crippen molar-refractivity contribution in [3.05, 3.63) is 45.8 Å². The molecule has 0 bridgehead atoms. The summed E-state index contributed by atoms with van der Waals surface area (Å²) in [6.45, 7) is 5.88. The van der Waals surface area contributed by atoms with Gasteiger partial charge in [0.25, 0.3) is 0 Å². The maximum atomic E-state index is 13.3. The van der Waals surface area contributed by atoms with E-state index in [1.807, 2.05) is 13.8 Å². The van der Waals surface area contributed by atoms with Crippen LogP contribution in [0.25, 0.3) is 0 Å². The number of hydrogen-bond donors (Lipinski definition) is 1. The zero-order valence-corrected chi connectivity index (χ0v) is 18.1. The summed E-state index contributed by atoms with van der Waals surface area (Å²) in [6, 6.07) is 5.43. The molecule has 1 atom stereocenters. The Hall–Kier alpha value is -3.27.